The second-order valence-electron chi connectivity index (χ2n) is 6.13. The highest BCUT2D eigenvalue weighted by molar-refractivity contribution is 5.89. The van der Waals surface area contributed by atoms with Crippen molar-refractivity contribution in [3.8, 4) is 6.07 Å². The second-order valence-corrected chi connectivity index (χ2v) is 6.13. The first-order valence-corrected chi connectivity index (χ1v) is 8.34. The Bertz CT molecular complexity index is 768. The van der Waals surface area contributed by atoms with Crippen molar-refractivity contribution >= 4 is 11.6 Å². The van der Waals surface area contributed by atoms with Crippen molar-refractivity contribution in [3.05, 3.63) is 65.0 Å². The highest BCUT2D eigenvalue weighted by Gasteiger charge is 2.15. The number of nitrogens with zero attached hydrogens (tertiary/aromatic N) is 2. The van der Waals surface area contributed by atoms with Crippen LogP contribution in [0.3, 0.4) is 0 Å². The monoisotopic (exact) mass is 339 g/mol. The van der Waals surface area contributed by atoms with Gasteiger partial charge in [0.15, 0.2) is 0 Å². The van der Waals surface area contributed by atoms with E-state index in [-0.39, 0.29) is 5.69 Å². The molecule has 0 saturated carbocycles. The van der Waals surface area contributed by atoms with Crippen molar-refractivity contribution in [1.29, 1.82) is 5.26 Å². The predicted octanol–water partition coefficient (Wildman–Crippen LogP) is 4.55. The number of hydrogen-bond acceptors (Lipinski definition) is 3. The molecule has 1 fully saturated rings. The molecule has 0 spiro atoms. The summed E-state index contributed by atoms with van der Waals surface area (Å²) in [5, 5.41) is 12.8. The van der Waals surface area contributed by atoms with Gasteiger partial charge in [0.05, 0.1) is 11.6 Å². The molecule has 25 heavy (non-hydrogen) atoms. The third kappa shape index (κ3) is 4.28. The lowest BCUT2D eigenvalue weighted by molar-refractivity contribution is 0.146. The molecule has 0 unspecified atom stereocenters. The van der Waals surface area contributed by atoms with E-state index in [9.17, 15) is 14.0 Å². The number of piperidine rings is 1. The van der Waals surface area contributed by atoms with Crippen LogP contribution in [0.2, 0.25) is 0 Å². The maximum absolute atomic E-state index is 12.5. The largest absolute Gasteiger partial charge is 0.317 e. The molecule has 0 radical (unpaired) electrons. The van der Waals surface area contributed by atoms with Gasteiger partial charge < -0.3 is 5.32 Å². The molecular weight excluding hydrogens is 320 g/mol. The summed E-state index contributed by atoms with van der Waals surface area (Å²) in [7, 11) is 0. The zero-order valence-electron chi connectivity index (χ0n) is 13.8. The first-order chi connectivity index (χ1) is 12.2. The third-order valence-electron chi connectivity index (χ3n) is 4.50. The Hall–Kier alpha value is -2.58. The normalized spacial score (nSPS) is 16.0. The van der Waals surface area contributed by atoms with Crippen molar-refractivity contribution in [2.75, 3.05) is 13.1 Å². The molecule has 1 N–H and O–H groups in total. The Morgan fingerprint density at radius 3 is 2.44 bits per heavy atom. The molecule has 1 aromatic heterocycles. The minimum absolute atomic E-state index is 0.262. The molecule has 1 aromatic carbocycles. The van der Waals surface area contributed by atoms with Crippen LogP contribution in [0.25, 0.3) is 11.6 Å². The molecular formula is C20H19F2N3. The quantitative estimate of drug-likeness (QED) is 0.831. The first kappa shape index (κ1) is 17.2. The molecule has 2 heterocycles. The minimum atomic E-state index is -2.59. The third-order valence-corrected chi connectivity index (χ3v) is 4.50. The van der Waals surface area contributed by atoms with E-state index in [1.807, 2.05) is 12.1 Å². The van der Waals surface area contributed by atoms with Gasteiger partial charge in [-0.25, -0.2) is 8.78 Å². The van der Waals surface area contributed by atoms with E-state index in [1.54, 1.807) is 12.1 Å². The summed E-state index contributed by atoms with van der Waals surface area (Å²) in [5.41, 5.74) is 2.97. The van der Waals surface area contributed by atoms with Crippen LogP contribution >= 0.6 is 0 Å². The van der Waals surface area contributed by atoms with Crippen molar-refractivity contribution < 1.29 is 8.78 Å². The molecule has 3 rings (SSSR count). The number of benzene rings is 1. The van der Waals surface area contributed by atoms with Crippen LogP contribution in [0, 0.1) is 11.3 Å². The zero-order chi connectivity index (χ0) is 17.6. The van der Waals surface area contributed by atoms with E-state index < -0.39 is 6.43 Å². The van der Waals surface area contributed by atoms with Gasteiger partial charge in [-0.2, -0.15) is 5.26 Å². The fraction of sp³-hybridized carbons (Fsp3) is 0.300. The maximum atomic E-state index is 12.5. The Kier molecular flexibility index (Phi) is 5.52. The Morgan fingerprint density at radius 1 is 1.16 bits per heavy atom. The molecule has 0 aliphatic carbocycles. The van der Waals surface area contributed by atoms with Crippen LogP contribution in [-0.2, 0) is 0 Å². The molecule has 0 bridgehead atoms. The molecule has 1 aliphatic heterocycles. The van der Waals surface area contributed by atoms with E-state index in [0.717, 1.165) is 31.5 Å². The summed E-state index contributed by atoms with van der Waals surface area (Å²) in [4.78, 5) is 3.72. The molecule has 128 valence electrons. The fourth-order valence-corrected chi connectivity index (χ4v) is 3.07. The molecule has 0 atom stereocenters. The summed E-state index contributed by atoms with van der Waals surface area (Å²) in [5.74, 6) is 0.566. The van der Waals surface area contributed by atoms with Gasteiger partial charge in [0, 0.05) is 6.20 Å². The number of hydrogen-bond donors (Lipinski definition) is 1. The Morgan fingerprint density at radius 2 is 1.88 bits per heavy atom. The van der Waals surface area contributed by atoms with Crippen LogP contribution in [0.4, 0.5) is 8.78 Å². The molecule has 0 amide bonds. The Balaban J connectivity index is 1.79. The van der Waals surface area contributed by atoms with Crippen LogP contribution in [0.15, 0.2) is 42.6 Å². The number of alkyl halides is 2. The van der Waals surface area contributed by atoms with Crippen LogP contribution in [0.1, 0.15) is 47.6 Å². The molecule has 5 heteroatoms. The van der Waals surface area contributed by atoms with E-state index in [4.69, 9.17) is 0 Å². The van der Waals surface area contributed by atoms with Gasteiger partial charge in [-0.15, -0.1) is 0 Å². The molecule has 3 nitrogen and oxygen atoms in total. The summed E-state index contributed by atoms with van der Waals surface area (Å²) in [6.45, 7) is 2.08. The van der Waals surface area contributed by atoms with Crippen LogP contribution in [-0.4, -0.2) is 18.1 Å². The van der Waals surface area contributed by atoms with Gasteiger partial charge in [-0.05, 0) is 60.7 Å². The van der Waals surface area contributed by atoms with Gasteiger partial charge in [0.25, 0.3) is 6.43 Å². The predicted molar refractivity (Wildman–Crippen MR) is 94.0 cm³/mol. The van der Waals surface area contributed by atoms with Gasteiger partial charge >= 0.3 is 0 Å². The van der Waals surface area contributed by atoms with Gasteiger partial charge in [0.2, 0.25) is 0 Å². The van der Waals surface area contributed by atoms with Crippen molar-refractivity contribution in [2.24, 2.45) is 0 Å². The highest BCUT2D eigenvalue weighted by atomic mass is 19.3. The molecule has 2 aromatic rings. The van der Waals surface area contributed by atoms with Gasteiger partial charge in [-0.1, -0.05) is 30.3 Å². The highest BCUT2D eigenvalue weighted by Crippen LogP contribution is 2.27. The molecule has 1 saturated heterocycles. The first-order valence-electron chi connectivity index (χ1n) is 8.34. The lowest BCUT2D eigenvalue weighted by Gasteiger charge is -2.23. The van der Waals surface area contributed by atoms with Gasteiger partial charge in [0.1, 0.15) is 5.69 Å². The van der Waals surface area contributed by atoms with E-state index in [2.05, 4.69) is 28.5 Å². The van der Waals surface area contributed by atoms with Crippen molar-refractivity contribution in [2.45, 2.75) is 25.2 Å². The average Bonchev–Trinajstić information content (AvgIpc) is 2.67. The van der Waals surface area contributed by atoms with Crippen molar-refractivity contribution in [1.82, 2.24) is 10.3 Å². The number of pyridine rings is 1. The smallest absolute Gasteiger partial charge is 0.280 e. The zero-order valence-corrected chi connectivity index (χ0v) is 13.8. The number of nitriles is 1. The SMILES string of the molecule is N#C/C(=C\c1ccc(C(F)F)nc1)c1ccc(C2CCNCC2)cc1. The fourth-order valence-electron chi connectivity index (χ4n) is 3.07. The van der Waals surface area contributed by atoms with Crippen molar-refractivity contribution in [3.63, 3.8) is 0 Å². The lowest BCUT2D eigenvalue weighted by atomic mass is 9.89. The number of allylic oxidation sites excluding steroid dienone is 1. The van der Waals surface area contributed by atoms with E-state index >= 15 is 0 Å². The maximum Gasteiger partial charge on any atom is 0.280 e. The van der Waals surface area contributed by atoms with Crippen LogP contribution in [0.5, 0.6) is 0 Å². The summed E-state index contributed by atoms with van der Waals surface area (Å²) < 4.78 is 25.1. The van der Waals surface area contributed by atoms with E-state index in [1.165, 1.54) is 17.8 Å². The summed E-state index contributed by atoms with van der Waals surface area (Å²) in [6.07, 6.45) is 2.70. The molecule has 1 aliphatic rings. The average molecular weight is 339 g/mol. The Labute approximate surface area is 146 Å². The number of rotatable bonds is 4. The summed E-state index contributed by atoms with van der Waals surface area (Å²) in [6, 6.07) is 13.1. The van der Waals surface area contributed by atoms with Crippen LogP contribution < -0.4 is 5.32 Å². The minimum Gasteiger partial charge on any atom is -0.317 e. The summed E-state index contributed by atoms with van der Waals surface area (Å²) >= 11 is 0. The number of halogens is 2. The topological polar surface area (TPSA) is 48.7 Å². The number of aromatic nitrogens is 1. The van der Waals surface area contributed by atoms with Gasteiger partial charge in [-0.3, -0.25) is 4.98 Å². The van der Waals surface area contributed by atoms with E-state index in [0.29, 0.717) is 17.1 Å². The lowest BCUT2D eigenvalue weighted by Crippen LogP contribution is -2.26. The number of nitrogens with one attached hydrogen (secondary N) is 1. The second kappa shape index (κ2) is 8.00. The standard InChI is InChI=1S/C20H19F2N3/c21-20(22)19-6-1-14(13-25-19)11-18(12-23)16-4-2-15(3-5-16)17-7-9-24-10-8-17/h1-6,11,13,17,20,24H,7-10H2/b18-11+.